The average molecular weight is 459 g/mol. The Kier molecular flexibility index (Phi) is 8.73. The highest BCUT2D eigenvalue weighted by atomic mass is 16.3. The van der Waals surface area contributed by atoms with Crippen molar-refractivity contribution in [1.29, 1.82) is 0 Å². The second-order valence-electron chi connectivity index (χ2n) is 12.5. The van der Waals surface area contributed by atoms with Gasteiger partial charge in [-0.2, -0.15) is 0 Å². The summed E-state index contributed by atoms with van der Waals surface area (Å²) in [5.41, 5.74) is 3.00. The molecule has 3 aliphatic carbocycles. The Bertz CT molecular complexity index is 726. The molecular formula is C30H50O3. The Labute approximate surface area is 203 Å². The molecule has 0 bridgehead atoms. The van der Waals surface area contributed by atoms with Crippen LogP contribution in [0.2, 0.25) is 0 Å². The molecule has 3 nitrogen and oxygen atoms in total. The first-order valence-corrected chi connectivity index (χ1v) is 13.6. The second-order valence-corrected chi connectivity index (χ2v) is 12.5. The molecule has 188 valence electrons. The topological polar surface area (TPSA) is 60.7 Å². The quantitative estimate of drug-likeness (QED) is 0.353. The fraction of sp³-hybridized carbons (Fsp3) is 0.800. The van der Waals surface area contributed by atoms with Gasteiger partial charge >= 0.3 is 0 Å². The van der Waals surface area contributed by atoms with Gasteiger partial charge in [0.1, 0.15) is 0 Å². The van der Waals surface area contributed by atoms with E-state index in [4.69, 9.17) is 0 Å². The molecule has 0 aliphatic heterocycles. The molecule has 7 atom stereocenters. The van der Waals surface area contributed by atoms with E-state index in [-0.39, 0.29) is 0 Å². The molecule has 0 saturated heterocycles. The number of rotatable bonds is 8. The maximum Gasteiger partial charge on any atom is 0.0809 e. The lowest BCUT2D eigenvalue weighted by molar-refractivity contribution is 0.0118. The zero-order valence-corrected chi connectivity index (χ0v) is 21.9. The third kappa shape index (κ3) is 6.21. The first-order chi connectivity index (χ1) is 15.5. The minimum Gasteiger partial charge on any atom is -0.390 e. The number of hydrogen-bond acceptors (Lipinski definition) is 3. The molecule has 0 unspecified atom stereocenters. The molecule has 0 amide bonds. The van der Waals surface area contributed by atoms with E-state index in [9.17, 15) is 15.3 Å². The van der Waals surface area contributed by atoms with Gasteiger partial charge in [0, 0.05) is 0 Å². The van der Waals surface area contributed by atoms with Gasteiger partial charge in [-0.05, 0) is 99.9 Å². The SMILES string of the molecule is C=C1[C@H](O)CC(=C/C=C2\CCC[C@]3(C)[C@@H]([C@H](C)[C@@H](CCCC)CC(C)(C)O)CC[C@@H]23)C[C@H]1O. The third-order valence-corrected chi connectivity index (χ3v) is 9.41. The summed E-state index contributed by atoms with van der Waals surface area (Å²) in [5.74, 6) is 2.56. The van der Waals surface area contributed by atoms with E-state index in [1.807, 2.05) is 13.8 Å². The summed E-state index contributed by atoms with van der Waals surface area (Å²) >= 11 is 0. The molecule has 3 heteroatoms. The van der Waals surface area contributed by atoms with E-state index >= 15 is 0 Å². The monoisotopic (exact) mass is 458 g/mol. The van der Waals surface area contributed by atoms with Gasteiger partial charge in [-0.15, -0.1) is 0 Å². The lowest BCUT2D eigenvalue weighted by Gasteiger charge is -2.46. The van der Waals surface area contributed by atoms with Crippen LogP contribution in [-0.2, 0) is 0 Å². The minimum absolute atomic E-state index is 0.339. The zero-order chi connectivity index (χ0) is 24.4. The van der Waals surface area contributed by atoms with Crippen LogP contribution in [0.3, 0.4) is 0 Å². The van der Waals surface area contributed by atoms with Crippen molar-refractivity contribution in [2.75, 3.05) is 0 Å². The normalized spacial score (nSPS) is 36.1. The summed E-state index contributed by atoms with van der Waals surface area (Å²) in [7, 11) is 0. The molecule has 3 saturated carbocycles. The Morgan fingerprint density at radius 2 is 1.82 bits per heavy atom. The average Bonchev–Trinajstić information content (AvgIpc) is 3.09. The Balaban J connectivity index is 1.77. The summed E-state index contributed by atoms with van der Waals surface area (Å²) < 4.78 is 0. The van der Waals surface area contributed by atoms with Crippen LogP contribution in [0.4, 0.5) is 0 Å². The van der Waals surface area contributed by atoms with Crippen molar-refractivity contribution in [3.05, 3.63) is 35.5 Å². The van der Waals surface area contributed by atoms with Crippen molar-refractivity contribution in [1.82, 2.24) is 0 Å². The Morgan fingerprint density at radius 1 is 1.15 bits per heavy atom. The van der Waals surface area contributed by atoms with Gasteiger partial charge in [0.15, 0.2) is 0 Å². The van der Waals surface area contributed by atoms with Crippen molar-refractivity contribution in [2.45, 2.75) is 123 Å². The first-order valence-electron chi connectivity index (χ1n) is 13.6. The maximum absolute atomic E-state index is 10.6. The molecule has 3 fully saturated rings. The van der Waals surface area contributed by atoms with Gasteiger partial charge < -0.3 is 15.3 Å². The molecule has 3 aliphatic rings. The van der Waals surface area contributed by atoms with E-state index in [1.165, 1.54) is 51.4 Å². The Morgan fingerprint density at radius 3 is 2.42 bits per heavy atom. The fourth-order valence-electron chi connectivity index (χ4n) is 7.56. The van der Waals surface area contributed by atoms with Crippen molar-refractivity contribution in [3.63, 3.8) is 0 Å². The van der Waals surface area contributed by atoms with Crippen molar-refractivity contribution in [2.24, 2.45) is 29.1 Å². The van der Waals surface area contributed by atoms with Gasteiger partial charge in [0.25, 0.3) is 0 Å². The van der Waals surface area contributed by atoms with Crippen molar-refractivity contribution >= 4 is 0 Å². The summed E-state index contributed by atoms with van der Waals surface area (Å²) in [6.07, 6.45) is 15.4. The summed E-state index contributed by atoms with van der Waals surface area (Å²) in [6, 6.07) is 0. The number of hydrogen-bond donors (Lipinski definition) is 3. The predicted molar refractivity (Wildman–Crippen MR) is 138 cm³/mol. The van der Waals surface area contributed by atoms with Crippen LogP contribution < -0.4 is 0 Å². The van der Waals surface area contributed by atoms with Crippen LogP contribution in [0.25, 0.3) is 0 Å². The number of aliphatic hydroxyl groups excluding tert-OH is 2. The van der Waals surface area contributed by atoms with Crippen LogP contribution in [0.5, 0.6) is 0 Å². The van der Waals surface area contributed by atoms with E-state index in [0.29, 0.717) is 47.5 Å². The van der Waals surface area contributed by atoms with Crippen LogP contribution in [0, 0.1) is 29.1 Å². The number of fused-ring (bicyclic) bond motifs is 1. The molecule has 3 N–H and O–H groups in total. The molecule has 0 radical (unpaired) electrons. The number of aliphatic hydroxyl groups is 3. The van der Waals surface area contributed by atoms with Crippen LogP contribution in [0.1, 0.15) is 105 Å². The summed E-state index contributed by atoms with van der Waals surface area (Å²) in [4.78, 5) is 0. The molecule has 0 aromatic heterocycles. The second kappa shape index (κ2) is 10.8. The van der Waals surface area contributed by atoms with Gasteiger partial charge in [0.05, 0.1) is 17.8 Å². The smallest absolute Gasteiger partial charge is 0.0809 e. The highest BCUT2D eigenvalue weighted by molar-refractivity contribution is 5.29. The van der Waals surface area contributed by atoms with Crippen LogP contribution in [-0.4, -0.2) is 33.1 Å². The third-order valence-electron chi connectivity index (χ3n) is 9.41. The van der Waals surface area contributed by atoms with Crippen molar-refractivity contribution in [3.8, 4) is 0 Å². The fourth-order valence-corrected chi connectivity index (χ4v) is 7.56. The summed E-state index contributed by atoms with van der Waals surface area (Å²) in [5, 5.41) is 31.0. The maximum atomic E-state index is 10.6. The molecular weight excluding hydrogens is 408 g/mol. The molecule has 0 heterocycles. The standard InChI is InChI=1S/C30H50O3/c1-7-8-10-24(19-29(4,5)33)20(2)25-14-15-26-23(11-9-16-30(25,26)6)13-12-22-17-27(31)21(3)28(32)18-22/h12-13,20,24-28,31-33H,3,7-11,14-19H2,1-2,4-6H3/b23-13+/t20-,24+,25-,26+,27-,28-,30-/m1/s1. The predicted octanol–water partition coefficient (Wildman–Crippen LogP) is 6.73. The van der Waals surface area contributed by atoms with Gasteiger partial charge in [-0.1, -0.05) is 69.9 Å². The molecule has 33 heavy (non-hydrogen) atoms. The van der Waals surface area contributed by atoms with Gasteiger partial charge in [-0.3, -0.25) is 0 Å². The highest BCUT2D eigenvalue weighted by Crippen LogP contribution is 2.60. The highest BCUT2D eigenvalue weighted by Gasteiger charge is 2.51. The minimum atomic E-state index is -0.623. The molecule has 0 aromatic rings. The van der Waals surface area contributed by atoms with E-state index in [2.05, 4.69) is 39.5 Å². The van der Waals surface area contributed by atoms with Crippen LogP contribution >= 0.6 is 0 Å². The number of unbranched alkanes of at least 4 members (excludes halogenated alkanes) is 1. The van der Waals surface area contributed by atoms with Crippen molar-refractivity contribution < 1.29 is 15.3 Å². The van der Waals surface area contributed by atoms with Gasteiger partial charge in [0.2, 0.25) is 0 Å². The van der Waals surface area contributed by atoms with Gasteiger partial charge in [-0.25, -0.2) is 0 Å². The molecule has 3 rings (SSSR count). The Hall–Kier alpha value is -0.900. The molecule has 0 aromatic carbocycles. The molecule has 0 spiro atoms. The van der Waals surface area contributed by atoms with Crippen LogP contribution in [0.15, 0.2) is 35.5 Å². The number of allylic oxidation sites excluding steroid dienone is 3. The largest absolute Gasteiger partial charge is 0.390 e. The first kappa shape index (κ1) is 26.7. The zero-order valence-electron chi connectivity index (χ0n) is 21.9. The summed E-state index contributed by atoms with van der Waals surface area (Å²) in [6.45, 7) is 15.1. The van der Waals surface area contributed by atoms with E-state index in [1.54, 1.807) is 5.57 Å². The lowest BCUT2D eigenvalue weighted by Crippen LogP contribution is -2.39. The van der Waals surface area contributed by atoms with E-state index in [0.717, 1.165) is 12.0 Å². The lowest BCUT2D eigenvalue weighted by atomic mass is 9.59. The van der Waals surface area contributed by atoms with E-state index < -0.39 is 17.8 Å².